The zero-order valence-corrected chi connectivity index (χ0v) is 11.3. The highest BCUT2D eigenvalue weighted by atomic mass is 16.5. The number of rotatable bonds is 4. The summed E-state index contributed by atoms with van der Waals surface area (Å²) in [7, 11) is 3.82. The molecular formula is C15H23NO. The Morgan fingerprint density at radius 1 is 1.29 bits per heavy atom. The third-order valence-corrected chi connectivity index (χ3v) is 4.19. The van der Waals surface area contributed by atoms with E-state index in [1.54, 1.807) is 7.11 Å². The van der Waals surface area contributed by atoms with Crippen LogP contribution in [-0.2, 0) is 0 Å². The second kappa shape index (κ2) is 5.09. The molecule has 2 heteroatoms. The summed E-state index contributed by atoms with van der Waals surface area (Å²) in [4.78, 5) is 0. The van der Waals surface area contributed by atoms with Crippen LogP contribution >= 0.6 is 0 Å². The predicted molar refractivity (Wildman–Crippen MR) is 71.9 cm³/mol. The van der Waals surface area contributed by atoms with Gasteiger partial charge in [-0.05, 0) is 68.8 Å². The van der Waals surface area contributed by atoms with Crippen molar-refractivity contribution >= 4 is 0 Å². The highest BCUT2D eigenvalue weighted by Gasteiger charge is 2.33. The topological polar surface area (TPSA) is 21.3 Å². The van der Waals surface area contributed by atoms with Crippen LogP contribution in [0, 0.1) is 19.8 Å². The van der Waals surface area contributed by atoms with Crippen LogP contribution < -0.4 is 10.1 Å². The molecule has 1 aromatic rings. The van der Waals surface area contributed by atoms with Crippen molar-refractivity contribution in [1.29, 1.82) is 0 Å². The van der Waals surface area contributed by atoms with Crippen molar-refractivity contribution in [3.8, 4) is 5.75 Å². The molecule has 0 saturated heterocycles. The molecule has 0 aliphatic heterocycles. The number of hydrogen-bond acceptors (Lipinski definition) is 2. The average molecular weight is 233 g/mol. The van der Waals surface area contributed by atoms with Crippen LogP contribution in [0.25, 0.3) is 0 Å². The number of aryl methyl sites for hydroxylation is 1. The number of ether oxygens (including phenoxy) is 1. The molecule has 0 spiro atoms. The first kappa shape index (κ1) is 12.4. The van der Waals surface area contributed by atoms with E-state index in [2.05, 4.69) is 31.3 Å². The lowest BCUT2D eigenvalue weighted by atomic mass is 9.69. The molecule has 1 aliphatic carbocycles. The van der Waals surface area contributed by atoms with Crippen LogP contribution in [0.15, 0.2) is 12.1 Å². The first-order valence-electron chi connectivity index (χ1n) is 6.47. The largest absolute Gasteiger partial charge is 0.496 e. The van der Waals surface area contributed by atoms with Crippen LogP contribution in [0.1, 0.15) is 35.4 Å². The molecule has 17 heavy (non-hydrogen) atoms. The molecule has 2 atom stereocenters. The van der Waals surface area contributed by atoms with Gasteiger partial charge >= 0.3 is 0 Å². The monoisotopic (exact) mass is 233 g/mol. The fourth-order valence-electron chi connectivity index (χ4n) is 2.86. The fourth-order valence-corrected chi connectivity index (χ4v) is 2.86. The zero-order valence-electron chi connectivity index (χ0n) is 11.3. The van der Waals surface area contributed by atoms with Gasteiger partial charge in [0.1, 0.15) is 5.75 Å². The van der Waals surface area contributed by atoms with E-state index in [0.29, 0.717) is 5.92 Å². The van der Waals surface area contributed by atoms with E-state index in [1.807, 2.05) is 7.05 Å². The molecule has 1 N–H and O–H groups in total. The Hall–Kier alpha value is -1.02. The Labute approximate surface area is 104 Å². The highest BCUT2D eigenvalue weighted by molar-refractivity contribution is 5.47. The van der Waals surface area contributed by atoms with Crippen molar-refractivity contribution in [3.63, 3.8) is 0 Å². The van der Waals surface area contributed by atoms with Crippen LogP contribution in [-0.4, -0.2) is 20.7 Å². The van der Waals surface area contributed by atoms with Crippen LogP contribution in [0.4, 0.5) is 0 Å². The minimum absolute atomic E-state index is 0.677. The van der Waals surface area contributed by atoms with Crippen LogP contribution in [0.2, 0.25) is 0 Å². The lowest BCUT2D eigenvalue weighted by Gasteiger charge is -2.38. The van der Waals surface area contributed by atoms with Gasteiger partial charge in [0.25, 0.3) is 0 Å². The zero-order chi connectivity index (χ0) is 12.4. The normalized spacial score (nSPS) is 23.3. The summed E-state index contributed by atoms with van der Waals surface area (Å²) in [6.07, 6.45) is 2.63. The van der Waals surface area contributed by atoms with Gasteiger partial charge in [-0.15, -0.1) is 0 Å². The van der Waals surface area contributed by atoms with Gasteiger partial charge in [-0.1, -0.05) is 12.1 Å². The van der Waals surface area contributed by atoms with Crippen molar-refractivity contribution in [1.82, 2.24) is 5.32 Å². The Bertz CT molecular complexity index is 400. The third-order valence-electron chi connectivity index (χ3n) is 4.19. The quantitative estimate of drug-likeness (QED) is 0.863. The molecule has 1 aromatic carbocycles. The summed E-state index contributed by atoms with van der Waals surface area (Å²) in [6, 6.07) is 4.48. The number of nitrogens with one attached hydrogen (secondary N) is 1. The fraction of sp³-hybridized carbons (Fsp3) is 0.600. The summed E-state index contributed by atoms with van der Waals surface area (Å²) in [5, 5.41) is 3.29. The molecule has 0 heterocycles. The van der Waals surface area contributed by atoms with Crippen molar-refractivity contribution in [3.05, 3.63) is 28.8 Å². The first-order chi connectivity index (χ1) is 8.19. The van der Waals surface area contributed by atoms with E-state index in [0.717, 1.165) is 18.2 Å². The summed E-state index contributed by atoms with van der Waals surface area (Å²) >= 11 is 0. The maximum atomic E-state index is 5.62. The highest BCUT2D eigenvalue weighted by Crippen LogP contribution is 2.46. The van der Waals surface area contributed by atoms with Crippen molar-refractivity contribution < 1.29 is 4.74 Å². The van der Waals surface area contributed by atoms with Gasteiger partial charge in [0.05, 0.1) is 7.11 Å². The molecule has 1 aliphatic rings. The maximum Gasteiger partial charge on any atom is 0.125 e. The van der Waals surface area contributed by atoms with E-state index in [9.17, 15) is 0 Å². The molecule has 0 bridgehead atoms. The van der Waals surface area contributed by atoms with Crippen LogP contribution in [0.5, 0.6) is 5.75 Å². The molecule has 2 nitrogen and oxygen atoms in total. The Balaban J connectivity index is 2.29. The second-order valence-corrected chi connectivity index (χ2v) is 5.13. The number of hydrogen-bond donors (Lipinski definition) is 1. The minimum atomic E-state index is 0.677. The van der Waals surface area contributed by atoms with Gasteiger partial charge in [-0.2, -0.15) is 0 Å². The lowest BCUT2D eigenvalue weighted by molar-refractivity contribution is 0.244. The van der Waals surface area contributed by atoms with Gasteiger partial charge in [0.15, 0.2) is 0 Å². The van der Waals surface area contributed by atoms with Crippen LogP contribution in [0.3, 0.4) is 0 Å². The molecular weight excluding hydrogens is 210 g/mol. The van der Waals surface area contributed by atoms with E-state index >= 15 is 0 Å². The van der Waals surface area contributed by atoms with Gasteiger partial charge in [0, 0.05) is 0 Å². The molecule has 0 radical (unpaired) electrons. The van der Waals surface area contributed by atoms with Crippen molar-refractivity contribution in [2.45, 2.75) is 32.6 Å². The second-order valence-electron chi connectivity index (χ2n) is 5.13. The first-order valence-corrected chi connectivity index (χ1v) is 6.47. The summed E-state index contributed by atoms with van der Waals surface area (Å²) in [5.74, 6) is 2.56. The van der Waals surface area contributed by atoms with Gasteiger partial charge in [-0.3, -0.25) is 0 Å². The van der Waals surface area contributed by atoms with Gasteiger partial charge < -0.3 is 10.1 Å². The smallest absolute Gasteiger partial charge is 0.125 e. The maximum absolute atomic E-state index is 5.62. The standard InChI is InChI=1S/C15H23NO/c1-10-5-7-14(15(17-4)11(10)2)13-8-6-12(13)9-16-3/h5,7,12-13,16H,6,8-9H2,1-4H3. The molecule has 1 fully saturated rings. The average Bonchev–Trinajstić information content (AvgIpc) is 2.30. The number of benzene rings is 1. The predicted octanol–water partition coefficient (Wildman–Crippen LogP) is 3.03. The third kappa shape index (κ3) is 2.19. The molecule has 2 rings (SSSR count). The molecule has 1 saturated carbocycles. The van der Waals surface area contributed by atoms with Crippen molar-refractivity contribution in [2.24, 2.45) is 5.92 Å². The van der Waals surface area contributed by atoms with E-state index < -0.39 is 0 Å². The van der Waals surface area contributed by atoms with E-state index in [4.69, 9.17) is 4.74 Å². The number of methoxy groups -OCH3 is 1. The SMILES string of the molecule is CNCC1CCC1c1ccc(C)c(C)c1OC. The molecule has 2 unspecified atom stereocenters. The summed E-state index contributed by atoms with van der Waals surface area (Å²) in [6.45, 7) is 5.41. The molecule has 0 aromatic heterocycles. The molecule has 0 amide bonds. The van der Waals surface area contributed by atoms with E-state index in [-0.39, 0.29) is 0 Å². The van der Waals surface area contributed by atoms with Crippen molar-refractivity contribution in [2.75, 3.05) is 20.7 Å². The van der Waals surface area contributed by atoms with Gasteiger partial charge in [-0.25, -0.2) is 0 Å². The Kier molecular flexibility index (Phi) is 3.72. The summed E-state index contributed by atoms with van der Waals surface area (Å²) in [5.41, 5.74) is 4.01. The lowest BCUT2D eigenvalue weighted by Crippen LogP contribution is -2.32. The summed E-state index contributed by atoms with van der Waals surface area (Å²) < 4.78 is 5.62. The van der Waals surface area contributed by atoms with Gasteiger partial charge in [0.2, 0.25) is 0 Å². The minimum Gasteiger partial charge on any atom is -0.496 e. The molecule has 94 valence electrons. The Morgan fingerprint density at radius 2 is 2.06 bits per heavy atom. The van der Waals surface area contributed by atoms with E-state index in [1.165, 1.54) is 29.5 Å². The Morgan fingerprint density at radius 3 is 2.59 bits per heavy atom.